The second-order valence-corrected chi connectivity index (χ2v) is 5.06. The summed E-state index contributed by atoms with van der Waals surface area (Å²) in [4.78, 5) is 0. The van der Waals surface area contributed by atoms with Crippen LogP contribution >= 0.6 is 23.2 Å². The van der Waals surface area contributed by atoms with Gasteiger partial charge in [-0.2, -0.15) is 26.3 Å². The molecule has 0 unspecified atom stereocenters. The van der Waals surface area contributed by atoms with Crippen LogP contribution in [0.2, 0.25) is 10.0 Å². The molecular weight excluding hydrogens is 353 g/mol. The zero-order valence-electron chi connectivity index (χ0n) is 10.4. The van der Waals surface area contributed by atoms with E-state index in [1.165, 1.54) is 0 Å². The highest BCUT2D eigenvalue weighted by Crippen LogP contribution is 2.43. The van der Waals surface area contributed by atoms with Gasteiger partial charge in [-0.15, -0.1) is 0 Å². The summed E-state index contributed by atoms with van der Waals surface area (Å²) in [5.41, 5.74) is -2.85. The minimum Gasteiger partial charge on any atom is -0.166 e. The van der Waals surface area contributed by atoms with Crippen LogP contribution in [-0.2, 0) is 12.4 Å². The summed E-state index contributed by atoms with van der Waals surface area (Å²) in [7, 11) is 0. The van der Waals surface area contributed by atoms with Crippen LogP contribution in [0.1, 0.15) is 11.1 Å². The van der Waals surface area contributed by atoms with Gasteiger partial charge in [0.25, 0.3) is 0 Å². The van der Waals surface area contributed by atoms with Crippen molar-refractivity contribution in [2.75, 3.05) is 0 Å². The van der Waals surface area contributed by atoms with Gasteiger partial charge in [0.1, 0.15) is 0 Å². The summed E-state index contributed by atoms with van der Waals surface area (Å²) in [6.45, 7) is 0. The van der Waals surface area contributed by atoms with Crippen molar-refractivity contribution in [1.82, 2.24) is 0 Å². The van der Waals surface area contributed by atoms with E-state index in [4.69, 9.17) is 23.2 Å². The minimum absolute atomic E-state index is 0.174. The third kappa shape index (κ3) is 3.33. The topological polar surface area (TPSA) is 0 Å². The Labute approximate surface area is 131 Å². The lowest BCUT2D eigenvalue weighted by Crippen LogP contribution is -2.08. The number of hydrogen-bond acceptors (Lipinski definition) is 0. The molecule has 8 heteroatoms. The molecule has 0 atom stereocenters. The monoisotopic (exact) mass is 357 g/mol. The quantitative estimate of drug-likeness (QED) is 0.511. The SMILES string of the molecule is FC(F)(F)c1ccc(-c2c(Cl)[c]ccc2C(F)(F)F)cc1Cl. The van der Waals surface area contributed by atoms with Crippen LogP contribution in [-0.4, -0.2) is 0 Å². The van der Waals surface area contributed by atoms with Crippen LogP contribution in [0, 0.1) is 6.07 Å². The van der Waals surface area contributed by atoms with Gasteiger partial charge < -0.3 is 0 Å². The highest BCUT2D eigenvalue weighted by atomic mass is 35.5. The van der Waals surface area contributed by atoms with Crippen molar-refractivity contribution >= 4 is 23.2 Å². The molecule has 2 rings (SSSR count). The van der Waals surface area contributed by atoms with Gasteiger partial charge >= 0.3 is 12.4 Å². The Morgan fingerprint density at radius 2 is 1.41 bits per heavy atom. The molecule has 0 aromatic heterocycles. The van der Waals surface area contributed by atoms with E-state index in [2.05, 4.69) is 6.07 Å². The summed E-state index contributed by atoms with van der Waals surface area (Å²) < 4.78 is 76.9. The van der Waals surface area contributed by atoms with Gasteiger partial charge in [0.2, 0.25) is 0 Å². The Morgan fingerprint density at radius 3 is 1.91 bits per heavy atom. The van der Waals surface area contributed by atoms with Crippen LogP contribution in [0.4, 0.5) is 26.3 Å². The van der Waals surface area contributed by atoms with Gasteiger partial charge in [0, 0.05) is 11.6 Å². The summed E-state index contributed by atoms with van der Waals surface area (Å²) in [6, 6.07) is 6.41. The Kier molecular flexibility index (Phi) is 4.37. The van der Waals surface area contributed by atoms with E-state index in [-0.39, 0.29) is 10.6 Å². The van der Waals surface area contributed by atoms with Crippen LogP contribution in [0.3, 0.4) is 0 Å². The zero-order chi connectivity index (χ0) is 16.7. The van der Waals surface area contributed by atoms with Crippen molar-refractivity contribution in [3.05, 3.63) is 57.6 Å². The molecule has 0 spiro atoms. The average molecular weight is 358 g/mol. The number of rotatable bonds is 1. The van der Waals surface area contributed by atoms with Crippen LogP contribution in [0.5, 0.6) is 0 Å². The van der Waals surface area contributed by atoms with Crippen molar-refractivity contribution in [2.45, 2.75) is 12.4 Å². The largest absolute Gasteiger partial charge is 0.417 e. The lowest BCUT2D eigenvalue weighted by molar-refractivity contribution is -0.138. The molecule has 0 aliphatic heterocycles. The van der Waals surface area contributed by atoms with E-state index in [1.54, 1.807) is 0 Å². The van der Waals surface area contributed by atoms with Crippen LogP contribution in [0.25, 0.3) is 11.1 Å². The predicted octanol–water partition coefficient (Wildman–Crippen LogP) is 6.50. The maximum Gasteiger partial charge on any atom is 0.417 e. The number of hydrogen-bond donors (Lipinski definition) is 0. The van der Waals surface area contributed by atoms with Crippen molar-refractivity contribution in [3.63, 3.8) is 0 Å². The molecule has 0 saturated heterocycles. The third-order valence-corrected chi connectivity index (χ3v) is 3.43. The lowest BCUT2D eigenvalue weighted by Gasteiger charge is -2.16. The standard InChI is InChI=1S/C14H5Cl2F6/c15-10-3-1-2-9(14(20,21)22)12(10)7-4-5-8(11(16)6-7)13(17,18)19/h1-2,4-6H. The predicted molar refractivity (Wildman–Crippen MR) is 70.7 cm³/mol. The van der Waals surface area contributed by atoms with E-state index in [1.807, 2.05) is 0 Å². The first-order valence-electron chi connectivity index (χ1n) is 5.66. The number of halogens is 8. The molecule has 0 N–H and O–H groups in total. The molecule has 0 saturated carbocycles. The molecule has 0 aliphatic carbocycles. The molecule has 1 radical (unpaired) electrons. The fraction of sp³-hybridized carbons (Fsp3) is 0.143. The Hall–Kier alpha value is -1.40. The van der Waals surface area contributed by atoms with Crippen LogP contribution in [0.15, 0.2) is 30.3 Å². The lowest BCUT2D eigenvalue weighted by atomic mass is 9.98. The molecule has 0 amide bonds. The second-order valence-electron chi connectivity index (χ2n) is 4.27. The molecule has 2 aromatic rings. The maximum absolute atomic E-state index is 13.0. The zero-order valence-corrected chi connectivity index (χ0v) is 11.9. The van der Waals surface area contributed by atoms with E-state index >= 15 is 0 Å². The molecule has 117 valence electrons. The first kappa shape index (κ1) is 17.0. The van der Waals surface area contributed by atoms with Gasteiger partial charge in [-0.1, -0.05) is 35.3 Å². The van der Waals surface area contributed by atoms with E-state index in [0.29, 0.717) is 6.07 Å². The number of benzene rings is 2. The third-order valence-electron chi connectivity index (χ3n) is 2.82. The second kappa shape index (κ2) is 5.66. The molecule has 22 heavy (non-hydrogen) atoms. The van der Waals surface area contributed by atoms with Crippen molar-refractivity contribution in [1.29, 1.82) is 0 Å². The smallest absolute Gasteiger partial charge is 0.166 e. The minimum atomic E-state index is -4.72. The van der Waals surface area contributed by atoms with Gasteiger partial charge in [0.05, 0.1) is 21.2 Å². The fourth-order valence-corrected chi connectivity index (χ4v) is 2.45. The molecule has 0 bridgehead atoms. The first-order valence-corrected chi connectivity index (χ1v) is 6.42. The average Bonchev–Trinajstić information content (AvgIpc) is 2.35. The number of alkyl halides is 6. The van der Waals surface area contributed by atoms with Gasteiger partial charge in [0.15, 0.2) is 0 Å². The molecular formula is C14H5Cl2F6. The van der Waals surface area contributed by atoms with E-state index in [0.717, 1.165) is 24.3 Å². The highest BCUT2D eigenvalue weighted by molar-refractivity contribution is 6.34. The van der Waals surface area contributed by atoms with Gasteiger partial charge in [-0.25, -0.2) is 0 Å². The Morgan fingerprint density at radius 1 is 0.818 bits per heavy atom. The van der Waals surface area contributed by atoms with Crippen LogP contribution < -0.4 is 0 Å². The molecule has 0 aliphatic rings. The molecule has 0 heterocycles. The summed E-state index contributed by atoms with van der Waals surface area (Å²) in [6.07, 6.45) is -9.42. The Balaban J connectivity index is 2.66. The first-order chi connectivity index (χ1) is 10.0. The summed E-state index contributed by atoms with van der Waals surface area (Å²) in [5, 5.41) is -1.07. The highest BCUT2D eigenvalue weighted by Gasteiger charge is 2.36. The molecule has 0 fully saturated rings. The summed E-state index contributed by atoms with van der Waals surface area (Å²) >= 11 is 11.3. The summed E-state index contributed by atoms with van der Waals surface area (Å²) in [5.74, 6) is 0. The maximum atomic E-state index is 13.0. The van der Waals surface area contributed by atoms with E-state index in [9.17, 15) is 26.3 Å². The van der Waals surface area contributed by atoms with Gasteiger partial charge in [-0.3, -0.25) is 0 Å². The van der Waals surface area contributed by atoms with Crippen molar-refractivity contribution in [3.8, 4) is 11.1 Å². The van der Waals surface area contributed by atoms with Gasteiger partial charge in [-0.05, 0) is 23.8 Å². The van der Waals surface area contributed by atoms with Crippen molar-refractivity contribution < 1.29 is 26.3 Å². The van der Waals surface area contributed by atoms with Crippen molar-refractivity contribution in [2.24, 2.45) is 0 Å². The molecule has 0 nitrogen and oxygen atoms in total. The Bertz CT molecular complexity index is 703. The van der Waals surface area contributed by atoms with E-state index < -0.39 is 34.1 Å². The normalized spacial score (nSPS) is 12.5. The molecule has 2 aromatic carbocycles. The fourth-order valence-electron chi connectivity index (χ4n) is 1.89.